The van der Waals surface area contributed by atoms with E-state index in [9.17, 15) is 14.0 Å². The van der Waals surface area contributed by atoms with Crippen molar-refractivity contribution in [1.82, 2.24) is 19.7 Å². The van der Waals surface area contributed by atoms with Gasteiger partial charge in [0.15, 0.2) is 0 Å². The first-order valence-electron chi connectivity index (χ1n) is 7.95. The van der Waals surface area contributed by atoms with Gasteiger partial charge in [-0.2, -0.15) is 0 Å². The molecule has 0 atom stereocenters. The summed E-state index contributed by atoms with van der Waals surface area (Å²) < 4.78 is 15.1. The van der Waals surface area contributed by atoms with Gasteiger partial charge in [0, 0.05) is 16.4 Å². The minimum Gasteiger partial charge on any atom is -0.306 e. The number of aromatic amines is 3. The van der Waals surface area contributed by atoms with E-state index in [2.05, 4.69) is 36.0 Å². The molecule has 4 rings (SSSR count). The van der Waals surface area contributed by atoms with Gasteiger partial charge in [-0.25, -0.2) is 13.9 Å². The van der Waals surface area contributed by atoms with E-state index in [1.165, 1.54) is 35.2 Å². The zero-order valence-corrected chi connectivity index (χ0v) is 15.6. The van der Waals surface area contributed by atoms with Crippen LogP contribution in [0, 0.1) is 12.7 Å². The molecule has 2 aromatic heterocycles. The molecule has 0 aliphatic carbocycles. The van der Waals surface area contributed by atoms with Gasteiger partial charge in [-0.3, -0.25) is 14.9 Å². The van der Waals surface area contributed by atoms with Crippen molar-refractivity contribution < 1.29 is 4.39 Å². The van der Waals surface area contributed by atoms with Crippen LogP contribution in [0.25, 0.3) is 16.7 Å². The molecule has 9 heteroatoms. The van der Waals surface area contributed by atoms with Crippen LogP contribution in [0.2, 0.25) is 0 Å². The second-order valence-corrected chi connectivity index (χ2v) is 6.81. The third kappa shape index (κ3) is 3.17. The lowest BCUT2D eigenvalue weighted by Gasteiger charge is -2.00. The maximum atomic E-state index is 13.1. The van der Waals surface area contributed by atoms with Crippen LogP contribution in [-0.4, -0.2) is 26.0 Å². The van der Waals surface area contributed by atoms with E-state index < -0.39 is 0 Å². The van der Waals surface area contributed by atoms with E-state index in [0.717, 1.165) is 0 Å². The number of nitrogens with zero attached hydrogens (tertiary/aromatic N) is 2. The second kappa shape index (κ2) is 6.51. The Labute approximate surface area is 159 Å². The summed E-state index contributed by atoms with van der Waals surface area (Å²) in [5, 5.41) is 2.96. The lowest BCUT2D eigenvalue weighted by Crippen LogP contribution is -2.17. The molecule has 3 N–H and O–H groups in total. The van der Waals surface area contributed by atoms with Gasteiger partial charge in [-0.05, 0) is 59.3 Å². The van der Waals surface area contributed by atoms with Crippen LogP contribution in [0.15, 0.2) is 55.5 Å². The van der Waals surface area contributed by atoms with Crippen LogP contribution >= 0.6 is 15.9 Å². The normalized spacial score (nSPS) is 11.7. The first-order valence-corrected chi connectivity index (χ1v) is 8.75. The number of nitrogens with one attached hydrogen (secondary N) is 3. The predicted molar refractivity (Wildman–Crippen MR) is 105 cm³/mol. The highest BCUT2D eigenvalue weighted by Crippen LogP contribution is 2.28. The Kier molecular flexibility index (Phi) is 4.15. The molecule has 0 fully saturated rings. The number of aliphatic imine (C=N–C) groups is 1. The van der Waals surface area contributed by atoms with Gasteiger partial charge in [-0.1, -0.05) is 0 Å². The Bertz CT molecular complexity index is 1290. The molecule has 0 radical (unpaired) electrons. The molecule has 4 aromatic rings. The van der Waals surface area contributed by atoms with Crippen molar-refractivity contribution in [2.24, 2.45) is 4.99 Å². The van der Waals surface area contributed by atoms with Crippen LogP contribution in [0.4, 0.5) is 10.1 Å². The average Bonchev–Trinajstić information content (AvgIpc) is 3.12. The lowest BCUT2D eigenvalue weighted by atomic mass is 10.2. The van der Waals surface area contributed by atoms with Crippen molar-refractivity contribution in [2.75, 3.05) is 0 Å². The van der Waals surface area contributed by atoms with Crippen molar-refractivity contribution in [3.8, 4) is 5.69 Å². The quantitative estimate of drug-likeness (QED) is 0.435. The van der Waals surface area contributed by atoms with E-state index in [1.54, 1.807) is 19.1 Å². The van der Waals surface area contributed by atoms with Crippen LogP contribution in [-0.2, 0) is 0 Å². The van der Waals surface area contributed by atoms with Crippen LogP contribution in [0.1, 0.15) is 11.3 Å². The Morgan fingerprint density at radius 3 is 2.48 bits per heavy atom. The molecule has 0 unspecified atom stereocenters. The molecule has 0 saturated carbocycles. The molecule has 0 amide bonds. The third-order valence-corrected chi connectivity index (χ3v) is 4.75. The SMILES string of the molecule is Cc1[nH]n(-c2ccc(F)cc2)c(=O)c1C=Nc1cc2[nH]c(=O)[nH]c2cc1Br. The van der Waals surface area contributed by atoms with Gasteiger partial charge in [0.1, 0.15) is 5.82 Å². The number of aryl methyl sites for hydroxylation is 1. The highest BCUT2D eigenvalue weighted by atomic mass is 79.9. The number of hydrogen-bond donors (Lipinski definition) is 3. The van der Waals surface area contributed by atoms with Crippen molar-refractivity contribution >= 4 is 38.9 Å². The lowest BCUT2D eigenvalue weighted by molar-refractivity contribution is 0.627. The van der Waals surface area contributed by atoms with E-state index in [-0.39, 0.29) is 17.1 Å². The Hall–Kier alpha value is -3.20. The first-order chi connectivity index (χ1) is 12.9. The summed E-state index contributed by atoms with van der Waals surface area (Å²) in [6.07, 6.45) is 1.46. The van der Waals surface area contributed by atoms with E-state index in [0.29, 0.717) is 38.1 Å². The highest BCUT2D eigenvalue weighted by Gasteiger charge is 2.11. The molecular weight excluding hydrogens is 417 g/mol. The molecule has 0 aliphatic heterocycles. The van der Waals surface area contributed by atoms with Crippen molar-refractivity contribution in [1.29, 1.82) is 0 Å². The summed E-state index contributed by atoms with van der Waals surface area (Å²) in [4.78, 5) is 33.8. The standard InChI is InChI=1S/C18H13BrFN5O2/c1-9-12(17(26)25(24-9)11-4-2-10(20)3-5-11)8-21-14-7-16-15(6-13(14)19)22-18(27)23-16/h2-8,24H,1H3,(H2,22,23,27). The monoisotopic (exact) mass is 429 g/mol. The average molecular weight is 430 g/mol. The number of imidazole rings is 1. The number of hydrogen-bond acceptors (Lipinski definition) is 3. The summed E-state index contributed by atoms with van der Waals surface area (Å²) in [5.41, 5.74) is 2.76. The Morgan fingerprint density at radius 2 is 1.78 bits per heavy atom. The van der Waals surface area contributed by atoms with Crippen LogP contribution < -0.4 is 11.2 Å². The van der Waals surface area contributed by atoms with Gasteiger partial charge < -0.3 is 9.97 Å². The number of H-pyrrole nitrogens is 3. The highest BCUT2D eigenvalue weighted by molar-refractivity contribution is 9.10. The molecule has 2 aromatic carbocycles. The molecule has 27 heavy (non-hydrogen) atoms. The predicted octanol–water partition coefficient (Wildman–Crippen LogP) is 3.30. The number of benzene rings is 2. The molecule has 2 heterocycles. The zero-order valence-electron chi connectivity index (χ0n) is 14.0. The largest absolute Gasteiger partial charge is 0.323 e. The molecule has 136 valence electrons. The van der Waals surface area contributed by atoms with Crippen LogP contribution in [0.3, 0.4) is 0 Å². The molecule has 7 nitrogen and oxygen atoms in total. The number of halogens is 2. The summed E-state index contributed by atoms with van der Waals surface area (Å²) >= 11 is 3.41. The second-order valence-electron chi connectivity index (χ2n) is 5.95. The van der Waals surface area contributed by atoms with E-state index in [1.807, 2.05) is 0 Å². The van der Waals surface area contributed by atoms with Crippen molar-refractivity contribution in [3.63, 3.8) is 0 Å². The van der Waals surface area contributed by atoms with Gasteiger partial charge >= 0.3 is 5.69 Å². The van der Waals surface area contributed by atoms with Crippen molar-refractivity contribution in [2.45, 2.75) is 6.92 Å². The fraction of sp³-hybridized carbons (Fsp3) is 0.0556. The smallest absolute Gasteiger partial charge is 0.306 e. The summed E-state index contributed by atoms with van der Waals surface area (Å²) in [6, 6.07) is 9.04. The third-order valence-electron chi connectivity index (χ3n) is 4.12. The van der Waals surface area contributed by atoms with Gasteiger partial charge in [0.2, 0.25) is 0 Å². The molecule has 0 bridgehead atoms. The first kappa shape index (κ1) is 17.2. The number of rotatable bonds is 3. The fourth-order valence-electron chi connectivity index (χ4n) is 2.76. The Morgan fingerprint density at radius 1 is 1.11 bits per heavy atom. The molecule has 0 spiro atoms. The van der Waals surface area contributed by atoms with Crippen LogP contribution in [0.5, 0.6) is 0 Å². The summed E-state index contributed by atoms with van der Waals surface area (Å²) in [6.45, 7) is 1.75. The van der Waals surface area contributed by atoms with Gasteiger partial charge in [0.25, 0.3) is 5.56 Å². The molecule has 0 aliphatic rings. The summed E-state index contributed by atoms with van der Waals surface area (Å²) in [5.74, 6) is -0.375. The van der Waals surface area contributed by atoms with Gasteiger partial charge in [0.05, 0.1) is 28.0 Å². The number of aromatic nitrogens is 4. The van der Waals surface area contributed by atoms with E-state index in [4.69, 9.17) is 0 Å². The number of fused-ring (bicyclic) bond motifs is 1. The van der Waals surface area contributed by atoms with Crippen molar-refractivity contribution in [3.05, 3.63) is 78.8 Å². The maximum absolute atomic E-state index is 13.1. The minimum atomic E-state index is -0.375. The maximum Gasteiger partial charge on any atom is 0.323 e. The fourth-order valence-corrected chi connectivity index (χ4v) is 3.21. The minimum absolute atomic E-state index is 0.296. The topological polar surface area (TPSA) is 98.8 Å². The van der Waals surface area contributed by atoms with Gasteiger partial charge in [-0.15, -0.1) is 0 Å². The summed E-state index contributed by atoms with van der Waals surface area (Å²) in [7, 11) is 0. The Balaban J connectivity index is 1.74. The zero-order chi connectivity index (χ0) is 19.1. The van der Waals surface area contributed by atoms with E-state index >= 15 is 0 Å². The molecule has 0 saturated heterocycles. The molecular formula is C18H13BrFN5O2.